The van der Waals surface area contributed by atoms with Crippen molar-refractivity contribution in [3.05, 3.63) is 53.8 Å². The Labute approximate surface area is 122 Å². The Bertz CT molecular complexity index is 791. The number of nitrogen functional groups attached to an aromatic ring is 1. The number of nitriles is 1. The van der Waals surface area contributed by atoms with Crippen LogP contribution in [0.2, 0.25) is 0 Å². The van der Waals surface area contributed by atoms with E-state index in [4.69, 9.17) is 11.0 Å². The van der Waals surface area contributed by atoms with Gasteiger partial charge in [0.05, 0.1) is 23.0 Å². The van der Waals surface area contributed by atoms with E-state index in [-0.39, 0.29) is 5.69 Å². The van der Waals surface area contributed by atoms with Gasteiger partial charge in [0.15, 0.2) is 0 Å². The Hall–Kier alpha value is -2.59. The van der Waals surface area contributed by atoms with Crippen LogP contribution in [0.1, 0.15) is 5.56 Å². The SMILES string of the molecule is CN(c1ccc(C#N)cc1)S(=O)(=O)c1c(N)cccc1F. The molecule has 0 fully saturated rings. The van der Waals surface area contributed by atoms with Crippen molar-refractivity contribution in [2.45, 2.75) is 4.90 Å². The highest BCUT2D eigenvalue weighted by Crippen LogP contribution is 2.28. The number of nitrogens with zero attached hydrogens (tertiary/aromatic N) is 2. The van der Waals surface area contributed by atoms with Crippen LogP contribution >= 0.6 is 0 Å². The minimum absolute atomic E-state index is 0.157. The molecule has 0 aliphatic rings. The number of rotatable bonds is 3. The van der Waals surface area contributed by atoms with Gasteiger partial charge in [-0.1, -0.05) is 6.07 Å². The minimum Gasteiger partial charge on any atom is -0.398 e. The fourth-order valence-corrected chi connectivity index (χ4v) is 3.17. The van der Waals surface area contributed by atoms with Crippen molar-refractivity contribution in [2.75, 3.05) is 17.1 Å². The van der Waals surface area contributed by atoms with Crippen LogP contribution in [0.3, 0.4) is 0 Å². The maximum Gasteiger partial charge on any atom is 0.269 e. The molecule has 0 unspecified atom stereocenters. The zero-order valence-corrected chi connectivity index (χ0v) is 11.9. The van der Waals surface area contributed by atoms with Gasteiger partial charge in [-0.2, -0.15) is 5.26 Å². The molecule has 2 rings (SSSR count). The summed E-state index contributed by atoms with van der Waals surface area (Å²) in [4.78, 5) is -0.558. The maximum atomic E-state index is 13.8. The summed E-state index contributed by atoms with van der Waals surface area (Å²) < 4.78 is 39.7. The van der Waals surface area contributed by atoms with Crippen LogP contribution in [-0.2, 0) is 10.0 Å². The van der Waals surface area contributed by atoms with Crippen molar-refractivity contribution < 1.29 is 12.8 Å². The lowest BCUT2D eigenvalue weighted by atomic mass is 10.2. The second-order valence-electron chi connectivity index (χ2n) is 4.29. The molecule has 21 heavy (non-hydrogen) atoms. The Morgan fingerprint density at radius 2 is 1.81 bits per heavy atom. The van der Waals surface area contributed by atoms with Gasteiger partial charge >= 0.3 is 0 Å². The summed E-state index contributed by atoms with van der Waals surface area (Å²) in [5, 5.41) is 8.73. The predicted octanol–water partition coefficient (Wildman–Crippen LogP) is 2.10. The third-order valence-corrected chi connectivity index (χ3v) is 4.85. The molecule has 0 radical (unpaired) electrons. The van der Waals surface area contributed by atoms with Gasteiger partial charge in [0, 0.05) is 7.05 Å². The molecular formula is C14H12FN3O2S. The molecule has 0 saturated carbocycles. The van der Waals surface area contributed by atoms with E-state index >= 15 is 0 Å². The van der Waals surface area contributed by atoms with Gasteiger partial charge in [0.1, 0.15) is 10.7 Å². The van der Waals surface area contributed by atoms with Crippen molar-refractivity contribution in [1.29, 1.82) is 5.26 Å². The zero-order chi connectivity index (χ0) is 15.6. The number of anilines is 2. The molecule has 2 aromatic rings. The van der Waals surface area contributed by atoms with Crippen LogP contribution in [0.15, 0.2) is 47.4 Å². The first kappa shape index (κ1) is 14.8. The third-order valence-electron chi connectivity index (χ3n) is 2.98. The largest absolute Gasteiger partial charge is 0.398 e. The Kier molecular flexibility index (Phi) is 3.82. The number of sulfonamides is 1. The van der Waals surface area contributed by atoms with E-state index in [9.17, 15) is 12.8 Å². The Morgan fingerprint density at radius 1 is 1.19 bits per heavy atom. The van der Waals surface area contributed by atoms with E-state index in [1.165, 1.54) is 43.4 Å². The number of benzene rings is 2. The van der Waals surface area contributed by atoms with Crippen molar-refractivity contribution >= 4 is 21.4 Å². The first-order valence-electron chi connectivity index (χ1n) is 5.91. The fourth-order valence-electron chi connectivity index (χ4n) is 1.82. The zero-order valence-electron chi connectivity index (χ0n) is 11.1. The molecule has 108 valence electrons. The molecule has 0 heterocycles. The molecule has 7 heteroatoms. The lowest BCUT2D eigenvalue weighted by molar-refractivity contribution is 0.567. The molecule has 0 spiro atoms. The first-order valence-corrected chi connectivity index (χ1v) is 7.35. The summed E-state index contributed by atoms with van der Waals surface area (Å²) in [6.07, 6.45) is 0. The van der Waals surface area contributed by atoms with E-state index < -0.39 is 20.7 Å². The highest BCUT2D eigenvalue weighted by atomic mass is 32.2. The summed E-state index contributed by atoms with van der Waals surface area (Å²) in [5.74, 6) is -0.907. The minimum atomic E-state index is -4.12. The third kappa shape index (κ3) is 2.66. The number of hydrogen-bond donors (Lipinski definition) is 1. The van der Waals surface area contributed by atoms with Gasteiger partial charge in [0.25, 0.3) is 10.0 Å². The smallest absolute Gasteiger partial charge is 0.269 e. The van der Waals surface area contributed by atoms with Crippen LogP contribution in [0, 0.1) is 17.1 Å². The van der Waals surface area contributed by atoms with Gasteiger partial charge in [-0.3, -0.25) is 4.31 Å². The normalized spacial score (nSPS) is 10.9. The van der Waals surface area contributed by atoms with Crippen molar-refractivity contribution in [3.63, 3.8) is 0 Å². The van der Waals surface area contributed by atoms with E-state index in [1.54, 1.807) is 0 Å². The fraction of sp³-hybridized carbons (Fsp3) is 0.0714. The molecule has 0 amide bonds. The summed E-state index contributed by atoms with van der Waals surface area (Å²) in [5.41, 5.74) is 6.12. The number of halogens is 1. The quantitative estimate of drug-likeness (QED) is 0.880. The van der Waals surface area contributed by atoms with E-state index in [0.29, 0.717) is 11.3 Å². The standard InChI is InChI=1S/C14H12FN3O2S/c1-18(11-7-5-10(9-16)6-8-11)21(19,20)14-12(15)3-2-4-13(14)17/h2-8H,17H2,1H3. The number of hydrogen-bond acceptors (Lipinski definition) is 4. The predicted molar refractivity (Wildman–Crippen MR) is 77.6 cm³/mol. The molecule has 0 atom stereocenters. The van der Waals surface area contributed by atoms with Crippen LogP contribution in [0.4, 0.5) is 15.8 Å². The van der Waals surface area contributed by atoms with E-state index in [2.05, 4.69) is 0 Å². The average molecular weight is 305 g/mol. The molecular weight excluding hydrogens is 293 g/mol. The van der Waals surface area contributed by atoms with Crippen molar-refractivity contribution in [1.82, 2.24) is 0 Å². The molecule has 5 nitrogen and oxygen atoms in total. The molecule has 0 bridgehead atoms. The molecule has 0 aromatic heterocycles. The highest BCUT2D eigenvalue weighted by molar-refractivity contribution is 7.93. The molecule has 0 aliphatic heterocycles. The Morgan fingerprint density at radius 3 is 2.33 bits per heavy atom. The average Bonchev–Trinajstić information content (AvgIpc) is 2.46. The van der Waals surface area contributed by atoms with Gasteiger partial charge in [0.2, 0.25) is 0 Å². The van der Waals surface area contributed by atoms with Crippen LogP contribution in [0.25, 0.3) is 0 Å². The second-order valence-corrected chi connectivity index (χ2v) is 6.20. The monoisotopic (exact) mass is 305 g/mol. The molecule has 2 N–H and O–H groups in total. The lowest BCUT2D eigenvalue weighted by Gasteiger charge is -2.20. The maximum absolute atomic E-state index is 13.8. The first-order chi connectivity index (χ1) is 9.87. The summed E-state index contributed by atoms with van der Waals surface area (Å²) in [6.45, 7) is 0. The van der Waals surface area contributed by atoms with Crippen LogP contribution < -0.4 is 10.0 Å². The molecule has 0 aliphatic carbocycles. The van der Waals surface area contributed by atoms with E-state index in [0.717, 1.165) is 10.4 Å². The lowest BCUT2D eigenvalue weighted by Crippen LogP contribution is -2.28. The van der Waals surface area contributed by atoms with Crippen LogP contribution in [0.5, 0.6) is 0 Å². The highest BCUT2D eigenvalue weighted by Gasteiger charge is 2.27. The summed E-state index contributed by atoms with van der Waals surface area (Å²) in [7, 11) is -2.83. The molecule has 2 aromatic carbocycles. The van der Waals surface area contributed by atoms with Crippen molar-refractivity contribution in [2.24, 2.45) is 0 Å². The topological polar surface area (TPSA) is 87.2 Å². The number of nitrogens with two attached hydrogens (primary N) is 1. The van der Waals surface area contributed by atoms with Crippen LogP contribution in [-0.4, -0.2) is 15.5 Å². The summed E-state index contributed by atoms with van der Waals surface area (Å²) in [6, 6.07) is 11.5. The van der Waals surface area contributed by atoms with Gasteiger partial charge in [-0.05, 0) is 36.4 Å². The van der Waals surface area contributed by atoms with Gasteiger partial charge in [-0.15, -0.1) is 0 Å². The summed E-state index contributed by atoms with van der Waals surface area (Å²) >= 11 is 0. The van der Waals surface area contributed by atoms with E-state index in [1.807, 2.05) is 6.07 Å². The van der Waals surface area contributed by atoms with Gasteiger partial charge < -0.3 is 5.73 Å². The second kappa shape index (κ2) is 5.42. The Balaban J connectivity index is 2.50. The molecule has 0 saturated heterocycles. The van der Waals surface area contributed by atoms with Gasteiger partial charge in [-0.25, -0.2) is 12.8 Å². The van der Waals surface area contributed by atoms with Crippen molar-refractivity contribution in [3.8, 4) is 6.07 Å².